The molecule has 1 aliphatic rings. The quantitative estimate of drug-likeness (QED) is 0.799. The van der Waals surface area contributed by atoms with Crippen LogP contribution >= 0.6 is 0 Å². The first-order valence-corrected chi connectivity index (χ1v) is 6.61. The Morgan fingerprint density at radius 2 is 2.06 bits per heavy atom. The van der Waals surface area contributed by atoms with Gasteiger partial charge in [-0.05, 0) is 43.2 Å². The summed E-state index contributed by atoms with van der Waals surface area (Å²) < 4.78 is 0. The van der Waals surface area contributed by atoms with Crippen molar-refractivity contribution in [1.82, 2.24) is 4.98 Å². The zero-order valence-corrected chi connectivity index (χ0v) is 11.5. The number of hydrogen-bond acceptors (Lipinski definition) is 3. The molecule has 1 heterocycles. The lowest BCUT2D eigenvalue weighted by molar-refractivity contribution is 0.222. The maximum Gasteiger partial charge on any atom is 0.142 e. The van der Waals surface area contributed by atoms with E-state index in [0.717, 1.165) is 5.69 Å². The number of pyridine rings is 1. The van der Waals surface area contributed by atoms with Crippen LogP contribution in [-0.4, -0.2) is 18.1 Å². The normalized spacial score (nSPS) is 19.2. The van der Waals surface area contributed by atoms with Gasteiger partial charge >= 0.3 is 0 Å². The van der Waals surface area contributed by atoms with Gasteiger partial charge in [-0.1, -0.05) is 13.8 Å². The van der Waals surface area contributed by atoms with Crippen LogP contribution in [0.25, 0.3) is 0 Å². The van der Waals surface area contributed by atoms with Crippen molar-refractivity contribution in [1.29, 1.82) is 5.26 Å². The molecule has 3 heteroatoms. The highest BCUT2D eigenvalue weighted by Gasteiger charge is 2.28. The number of aromatic nitrogens is 1. The Balaban J connectivity index is 2.08. The van der Waals surface area contributed by atoms with Crippen molar-refractivity contribution < 1.29 is 0 Å². The van der Waals surface area contributed by atoms with E-state index in [0.29, 0.717) is 17.2 Å². The minimum absolute atomic E-state index is 0.493. The summed E-state index contributed by atoms with van der Waals surface area (Å²) in [5.74, 6) is 0. The fourth-order valence-corrected chi connectivity index (χ4v) is 2.68. The van der Waals surface area contributed by atoms with Crippen LogP contribution in [0.4, 0.5) is 5.69 Å². The van der Waals surface area contributed by atoms with Crippen LogP contribution in [0.2, 0.25) is 0 Å². The van der Waals surface area contributed by atoms with E-state index in [1.54, 1.807) is 6.20 Å². The molecule has 0 bridgehead atoms. The molecule has 0 atom stereocenters. The first kappa shape index (κ1) is 12.9. The SMILES string of the molecule is CN(c1ccnc(C#N)c1)C1CCC(C)(C)CC1. The minimum atomic E-state index is 0.493. The summed E-state index contributed by atoms with van der Waals surface area (Å²) >= 11 is 0. The van der Waals surface area contributed by atoms with Gasteiger partial charge in [-0.15, -0.1) is 0 Å². The van der Waals surface area contributed by atoms with Gasteiger partial charge in [-0.25, -0.2) is 4.98 Å². The Morgan fingerprint density at radius 3 is 2.67 bits per heavy atom. The summed E-state index contributed by atoms with van der Waals surface area (Å²) in [6, 6.07) is 6.55. The average Bonchev–Trinajstić information content (AvgIpc) is 2.38. The van der Waals surface area contributed by atoms with Crippen LogP contribution in [-0.2, 0) is 0 Å². The fraction of sp³-hybridized carbons (Fsp3) is 0.600. The molecule has 96 valence electrons. The second-order valence-electron chi connectivity index (χ2n) is 6.02. The molecule has 0 N–H and O–H groups in total. The minimum Gasteiger partial charge on any atom is -0.371 e. The topological polar surface area (TPSA) is 39.9 Å². The molecule has 1 saturated carbocycles. The summed E-state index contributed by atoms with van der Waals surface area (Å²) in [6.07, 6.45) is 6.73. The summed E-state index contributed by atoms with van der Waals surface area (Å²) in [6.45, 7) is 4.70. The molecule has 0 unspecified atom stereocenters. The number of nitrogens with zero attached hydrogens (tertiary/aromatic N) is 3. The van der Waals surface area contributed by atoms with Crippen molar-refractivity contribution >= 4 is 5.69 Å². The summed E-state index contributed by atoms with van der Waals surface area (Å²) in [7, 11) is 2.12. The number of hydrogen-bond donors (Lipinski definition) is 0. The van der Waals surface area contributed by atoms with Crippen molar-refractivity contribution in [2.75, 3.05) is 11.9 Å². The molecule has 0 saturated heterocycles. The molecule has 0 spiro atoms. The molecule has 0 amide bonds. The van der Waals surface area contributed by atoms with E-state index in [-0.39, 0.29) is 0 Å². The second kappa shape index (κ2) is 4.97. The van der Waals surface area contributed by atoms with Crippen LogP contribution in [0.15, 0.2) is 18.3 Å². The molecule has 1 aromatic rings. The molecule has 2 rings (SSSR count). The first-order valence-electron chi connectivity index (χ1n) is 6.61. The lowest BCUT2D eigenvalue weighted by Gasteiger charge is -2.39. The lowest BCUT2D eigenvalue weighted by Crippen LogP contribution is -2.37. The Morgan fingerprint density at radius 1 is 1.39 bits per heavy atom. The van der Waals surface area contributed by atoms with Gasteiger partial charge in [-0.2, -0.15) is 5.26 Å². The molecule has 0 aromatic carbocycles. The third-order valence-corrected chi connectivity index (χ3v) is 4.12. The Hall–Kier alpha value is -1.56. The van der Waals surface area contributed by atoms with Crippen LogP contribution < -0.4 is 4.90 Å². The van der Waals surface area contributed by atoms with Gasteiger partial charge in [0, 0.05) is 25.0 Å². The van der Waals surface area contributed by atoms with Crippen LogP contribution in [0, 0.1) is 16.7 Å². The maximum atomic E-state index is 8.89. The highest BCUT2D eigenvalue weighted by atomic mass is 15.1. The van der Waals surface area contributed by atoms with Gasteiger partial charge in [0.1, 0.15) is 11.8 Å². The molecule has 3 nitrogen and oxygen atoms in total. The zero-order valence-electron chi connectivity index (χ0n) is 11.5. The van der Waals surface area contributed by atoms with Gasteiger partial charge in [0.15, 0.2) is 0 Å². The van der Waals surface area contributed by atoms with E-state index >= 15 is 0 Å². The molecule has 1 aromatic heterocycles. The highest BCUT2D eigenvalue weighted by molar-refractivity contribution is 5.49. The van der Waals surface area contributed by atoms with Crippen LogP contribution in [0.3, 0.4) is 0 Å². The van der Waals surface area contributed by atoms with E-state index in [1.165, 1.54) is 25.7 Å². The summed E-state index contributed by atoms with van der Waals surface area (Å²) in [4.78, 5) is 6.32. The van der Waals surface area contributed by atoms with E-state index in [4.69, 9.17) is 5.26 Å². The van der Waals surface area contributed by atoms with Crippen molar-refractivity contribution in [2.45, 2.75) is 45.6 Å². The third kappa shape index (κ3) is 2.81. The molecular formula is C15H21N3. The van der Waals surface area contributed by atoms with Crippen molar-refractivity contribution in [3.8, 4) is 6.07 Å². The Labute approximate surface area is 109 Å². The summed E-state index contributed by atoms with van der Waals surface area (Å²) in [5.41, 5.74) is 2.09. The van der Waals surface area contributed by atoms with E-state index in [2.05, 4.69) is 36.8 Å². The highest BCUT2D eigenvalue weighted by Crippen LogP contribution is 2.37. The van der Waals surface area contributed by atoms with Crippen LogP contribution in [0.5, 0.6) is 0 Å². The number of nitriles is 1. The monoisotopic (exact) mass is 243 g/mol. The van der Waals surface area contributed by atoms with Crippen molar-refractivity contribution in [3.63, 3.8) is 0 Å². The third-order valence-electron chi connectivity index (χ3n) is 4.12. The van der Waals surface area contributed by atoms with E-state index in [1.807, 2.05) is 12.1 Å². The molecule has 1 aliphatic carbocycles. The van der Waals surface area contributed by atoms with Crippen LogP contribution in [0.1, 0.15) is 45.2 Å². The molecule has 1 fully saturated rings. The van der Waals surface area contributed by atoms with Gasteiger partial charge in [0.25, 0.3) is 0 Å². The number of anilines is 1. The fourth-order valence-electron chi connectivity index (χ4n) is 2.68. The summed E-state index contributed by atoms with van der Waals surface area (Å²) in [5, 5.41) is 8.89. The molecule has 18 heavy (non-hydrogen) atoms. The first-order chi connectivity index (χ1) is 8.52. The van der Waals surface area contributed by atoms with Gasteiger partial charge in [-0.3, -0.25) is 0 Å². The predicted molar refractivity (Wildman–Crippen MR) is 73.4 cm³/mol. The Bertz CT molecular complexity index is 449. The predicted octanol–water partition coefficient (Wildman–Crippen LogP) is 3.36. The second-order valence-corrected chi connectivity index (χ2v) is 6.02. The van der Waals surface area contributed by atoms with Gasteiger partial charge in [0.2, 0.25) is 0 Å². The van der Waals surface area contributed by atoms with Crippen molar-refractivity contribution in [2.24, 2.45) is 5.41 Å². The number of rotatable bonds is 2. The van der Waals surface area contributed by atoms with E-state index < -0.39 is 0 Å². The van der Waals surface area contributed by atoms with Crippen molar-refractivity contribution in [3.05, 3.63) is 24.0 Å². The Kier molecular flexibility index (Phi) is 3.56. The molecule has 0 radical (unpaired) electrons. The van der Waals surface area contributed by atoms with E-state index in [9.17, 15) is 0 Å². The molecule has 0 aliphatic heterocycles. The standard InChI is InChI=1S/C15H21N3/c1-15(2)7-4-13(5-8-15)18(3)14-6-9-17-12(10-14)11-16/h6,9-10,13H,4-5,7-8H2,1-3H3. The lowest BCUT2D eigenvalue weighted by atomic mass is 9.75. The van der Waals surface area contributed by atoms with Gasteiger partial charge < -0.3 is 4.90 Å². The zero-order chi connectivity index (χ0) is 13.2. The largest absolute Gasteiger partial charge is 0.371 e. The maximum absolute atomic E-state index is 8.89. The van der Waals surface area contributed by atoms with Gasteiger partial charge in [0.05, 0.1) is 0 Å². The molecular weight excluding hydrogens is 222 g/mol. The smallest absolute Gasteiger partial charge is 0.142 e. The average molecular weight is 243 g/mol.